The summed E-state index contributed by atoms with van der Waals surface area (Å²) in [5.74, 6) is 1.08. The molecule has 1 N–H and O–H groups in total. The van der Waals surface area contributed by atoms with Crippen LogP contribution in [0.15, 0.2) is 12.2 Å². The van der Waals surface area contributed by atoms with Gasteiger partial charge in [0, 0.05) is 19.5 Å². The summed E-state index contributed by atoms with van der Waals surface area (Å²) in [6.07, 6.45) is 8.91. The lowest BCUT2D eigenvalue weighted by Crippen LogP contribution is -2.46. The predicted octanol–water partition coefficient (Wildman–Crippen LogP) is 2.11. The van der Waals surface area contributed by atoms with Gasteiger partial charge in [-0.25, -0.2) is 0 Å². The standard InChI is InChI=1S/C16H26N2O2/c1-12(2)10-14-16(20)18(9-8-15(19)17-14)11-13-6-4-3-5-7-13/h3-4,12-14H,5-11H2,1-2H3,(H,17,19). The molecule has 2 aliphatic rings. The zero-order valence-electron chi connectivity index (χ0n) is 12.6. The van der Waals surface area contributed by atoms with Crippen molar-refractivity contribution in [3.05, 3.63) is 12.2 Å². The molecule has 2 amide bonds. The highest BCUT2D eigenvalue weighted by Gasteiger charge is 2.31. The van der Waals surface area contributed by atoms with Gasteiger partial charge in [0.05, 0.1) is 0 Å². The zero-order chi connectivity index (χ0) is 14.5. The third-order valence-electron chi connectivity index (χ3n) is 4.12. The fraction of sp³-hybridized carbons (Fsp3) is 0.750. The predicted molar refractivity (Wildman–Crippen MR) is 79.1 cm³/mol. The van der Waals surface area contributed by atoms with Gasteiger partial charge in [0.2, 0.25) is 11.8 Å². The van der Waals surface area contributed by atoms with E-state index in [4.69, 9.17) is 0 Å². The first kappa shape index (κ1) is 15.1. The Kier molecular flexibility index (Phi) is 5.21. The molecule has 0 aromatic heterocycles. The normalized spacial score (nSPS) is 27.6. The molecule has 20 heavy (non-hydrogen) atoms. The van der Waals surface area contributed by atoms with Crippen LogP contribution in [0.4, 0.5) is 0 Å². The minimum atomic E-state index is -0.330. The third-order valence-corrected chi connectivity index (χ3v) is 4.12. The van der Waals surface area contributed by atoms with Gasteiger partial charge in [-0.1, -0.05) is 26.0 Å². The van der Waals surface area contributed by atoms with Crippen LogP contribution in [0, 0.1) is 11.8 Å². The molecule has 2 rings (SSSR count). The van der Waals surface area contributed by atoms with Crippen LogP contribution in [0.2, 0.25) is 0 Å². The van der Waals surface area contributed by atoms with Gasteiger partial charge in [0.25, 0.3) is 0 Å². The highest BCUT2D eigenvalue weighted by Crippen LogP contribution is 2.21. The van der Waals surface area contributed by atoms with Crippen molar-refractivity contribution in [3.8, 4) is 0 Å². The second-order valence-electron chi connectivity index (χ2n) is 6.43. The summed E-state index contributed by atoms with van der Waals surface area (Å²) in [6, 6.07) is -0.330. The van der Waals surface area contributed by atoms with E-state index in [2.05, 4.69) is 31.3 Å². The van der Waals surface area contributed by atoms with Crippen LogP contribution in [-0.4, -0.2) is 35.8 Å². The lowest BCUT2D eigenvalue weighted by Gasteiger charge is -2.29. The summed E-state index contributed by atoms with van der Waals surface area (Å²) in [5.41, 5.74) is 0. The fourth-order valence-electron chi connectivity index (χ4n) is 3.04. The monoisotopic (exact) mass is 278 g/mol. The molecule has 1 heterocycles. The van der Waals surface area contributed by atoms with E-state index in [0.29, 0.717) is 24.8 Å². The van der Waals surface area contributed by atoms with Gasteiger partial charge in [0.1, 0.15) is 6.04 Å². The summed E-state index contributed by atoms with van der Waals surface area (Å²) in [5, 5.41) is 2.88. The van der Waals surface area contributed by atoms with Crippen molar-refractivity contribution in [2.45, 2.75) is 52.0 Å². The lowest BCUT2D eigenvalue weighted by molar-refractivity contribution is -0.134. The number of hydrogen-bond acceptors (Lipinski definition) is 2. The fourth-order valence-corrected chi connectivity index (χ4v) is 3.04. The van der Waals surface area contributed by atoms with E-state index >= 15 is 0 Å². The van der Waals surface area contributed by atoms with Crippen molar-refractivity contribution in [1.29, 1.82) is 0 Å². The van der Waals surface area contributed by atoms with Crippen LogP contribution < -0.4 is 5.32 Å². The molecule has 0 bridgehead atoms. The average Bonchev–Trinajstić information content (AvgIpc) is 2.53. The summed E-state index contributed by atoms with van der Waals surface area (Å²) in [4.78, 5) is 26.3. The maximum Gasteiger partial charge on any atom is 0.245 e. The summed E-state index contributed by atoms with van der Waals surface area (Å²) in [6.45, 7) is 5.54. The second kappa shape index (κ2) is 6.91. The molecule has 1 fully saturated rings. The Morgan fingerprint density at radius 2 is 2.15 bits per heavy atom. The first-order valence-corrected chi connectivity index (χ1v) is 7.79. The van der Waals surface area contributed by atoms with Gasteiger partial charge in [-0.15, -0.1) is 0 Å². The van der Waals surface area contributed by atoms with Gasteiger partial charge in [-0.05, 0) is 37.5 Å². The van der Waals surface area contributed by atoms with Gasteiger partial charge in [0.15, 0.2) is 0 Å². The quantitative estimate of drug-likeness (QED) is 0.801. The lowest BCUT2D eigenvalue weighted by atomic mass is 9.93. The van der Waals surface area contributed by atoms with Crippen molar-refractivity contribution in [2.24, 2.45) is 11.8 Å². The summed E-state index contributed by atoms with van der Waals surface area (Å²) < 4.78 is 0. The van der Waals surface area contributed by atoms with E-state index in [-0.39, 0.29) is 17.9 Å². The minimum Gasteiger partial charge on any atom is -0.344 e. The van der Waals surface area contributed by atoms with E-state index in [9.17, 15) is 9.59 Å². The average molecular weight is 278 g/mol. The number of allylic oxidation sites excluding steroid dienone is 2. The Morgan fingerprint density at radius 3 is 2.80 bits per heavy atom. The van der Waals surface area contributed by atoms with Crippen molar-refractivity contribution >= 4 is 11.8 Å². The van der Waals surface area contributed by atoms with Crippen LogP contribution in [0.1, 0.15) is 46.0 Å². The van der Waals surface area contributed by atoms with E-state index in [1.807, 2.05) is 4.90 Å². The molecule has 1 aliphatic carbocycles. The maximum atomic E-state index is 12.6. The Morgan fingerprint density at radius 1 is 1.35 bits per heavy atom. The number of carbonyl (C=O) groups is 2. The summed E-state index contributed by atoms with van der Waals surface area (Å²) >= 11 is 0. The first-order chi connectivity index (χ1) is 9.56. The molecule has 1 aliphatic heterocycles. The number of hydrogen-bond donors (Lipinski definition) is 1. The first-order valence-electron chi connectivity index (χ1n) is 7.79. The Balaban J connectivity index is 2.00. The molecular formula is C16H26N2O2. The molecule has 1 saturated heterocycles. The molecule has 112 valence electrons. The highest BCUT2D eigenvalue weighted by atomic mass is 16.2. The molecular weight excluding hydrogens is 252 g/mol. The van der Waals surface area contributed by atoms with Gasteiger partial charge in [-0.2, -0.15) is 0 Å². The molecule has 2 atom stereocenters. The SMILES string of the molecule is CC(C)CC1NC(=O)CCN(CC2CC=CCC2)C1=O. The Labute approximate surface area is 121 Å². The molecule has 0 saturated carbocycles. The number of nitrogens with one attached hydrogen (secondary N) is 1. The molecule has 4 nitrogen and oxygen atoms in total. The number of nitrogens with zero attached hydrogens (tertiary/aromatic N) is 1. The van der Waals surface area contributed by atoms with Crippen LogP contribution in [-0.2, 0) is 9.59 Å². The van der Waals surface area contributed by atoms with E-state index < -0.39 is 0 Å². The van der Waals surface area contributed by atoms with Gasteiger partial charge in [-0.3, -0.25) is 9.59 Å². The van der Waals surface area contributed by atoms with Gasteiger partial charge >= 0.3 is 0 Å². The van der Waals surface area contributed by atoms with Crippen molar-refractivity contribution in [3.63, 3.8) is 0 Å². The van der Waals surface area contributed by atoms with E-state index in [1.165, 1.54) is 0 Å². The van der Waals surface area contributed by atoms with E-state index in [0.717, 1.165) is 32.2 Å². The molecule has 0 spiro atoms. The van der Waals surface area contributed by atoms with Crippen LogP contribution in [0.25, 0.3) is 0 Å². The second-order valence-corrected chi connectivity index (χ2v) is 6.43. The van der Waals surface area contributed by atoms with Crippen LogP contribution in [0.5, 0.6) is 0 Å². The molecule has 0 radical (unpaired) electrons. The van der Waals surface area contributed by atoms with Crippen molar-refractivity contribution in [1.82, 2.24) is 10.2 Å². The topological polar surface area (TPSA) is 49.4 Å². The number of rotatable bonds is 4. The maximum absolute atomic E-state index is 12.6. The van der Waals surface area contributed by atoms with E-state index in [1.54, 1.807) is 0 Å². The highest BCUT2D eigenvalue weighted by molar-refractivity contribution is 5.89. The Hall–Kier alpha value is -1.32. The molecule has 0 aromatic rings. The number of carbonyl (C=O) groups excluding carboxylic acids is 2. The van der Waals surface area contributed by atoms with Gasteiger partial charge < -0.3 is 10.2 Å². The molecule has 0 aromatic carbocycles. The number of amides is 2. The van der Waals surface area contributed by atoms with Crippen LogP contribution >= 0.6 is 0 Å². The van der Waals surface area contributed by atoms with Crippen LogP contribution in [0.3, 0.4) is 0 Å². The smallest absolute Gasteiger partial charge is 0.245 e. The Bertz CT molecular complexity index is 390. The van der Waals surface area contributed by atoms with Crippen molar-refractivity contribution < 1.29 is 9.59 Å². The third kappa shape index (κ3) is 4.09. The molecule has 4 heteroatoms. The van der Waals surface area contributed by atoms with Crippen molar-refractivity contribution in [2.75, 3.05) is 13.1 Å². The molecule has 2 unspecified atom stereocenters. The minimum absolute atomic E-state index is 0.00930. The largest absolute Gasteiger partial charge is 0.344 e. The zero-order valence-corrected chi connectivity index (χ0v) is 12.6. The summed E-state index contributed by atoms with van der Waals surface area (Å²) in [7, 11) is 0.